The number of aliphatic hydroxyl groups excluding tert-OH is 1. The molecule has 0 amide bonds. The van der Waals surface area contributed by atoms with E-state index < -0.39 is 6.10 Å². The Balaban J connectivity index is 2.03. The first-order valence-electron chi connectivity index (χ1n) is 5.26. The summed E-state index contributed by atoms with van der Waals surface area (Å²) in [7, 11) is 0. The maximum Gasteiger partial charge on any atom is 0.146 e. The Bertz CT molecular complexity index is 702. The molecule has 0 aliphatic heterocycles. The van der Waals surface area contributed by atoms with Gasteiger partial charge < -0.3 is 9.52 Å². The lowest BCUT2D eigenvalue weighted by Gasteiger charge is -2.03. The summed E-state index contributed by atoms with van der Waals surface area (Å²) in [6.45, 7) is 0. The maximum absolute atomic E-state index is 10.2. The summed E-state index contributed by atoms with van der Waals surface area (Å²) in [4.78, 5) is 0.755. The van der Waals surface area contributed by atoms with E-state index in [0.29, 0.717) is 20.7 Å². The predicted octanol–water partition coefficient (Wildman–Crippen LogP) is 4.88. The number of benzene rings is 1. The highest BCUT2D eigenvalue weighted by atomic mass is 35.5. The van der Waals surface area contributed by atoms with Crippen LogP contribution in [-0.4, -0.2) is 5.11 Å². The Morgan fingerprint density at radius 1 is 1.11 bits per heavy atom. The van der Waals surface area contributed by atoms with Gasteiger partial charge in [-0.1, -0.05) is 23.2 Å². The molecule has 3 rings (SSSR count). The van der Waals surface area contributed by atoms with Gasteiger partial charge in [0.1, 0.15) is 17.4 Å². The molecule has 92 valence electrons. The smallest absolute Gasteiger partial charge is 0.146 e. The second kappa shape index (κ2) is 4.59. The fourth-order valence-electron chi connectivity index (χ4n) is 1.78. The molecule has 2 heterocycles. The van der Waals surface area contributed by atoms with E-state index in [4.69, 9.17) is 27.6 Å². The molecule has 18 heavy (non-hydrogen) atoms. The van der Waals surface area contributed by atoms with E-state index in [-0.39, 0.29) is 0 Å². The van der Waals surface area contributed by atoms with E-state index in [0.717, 1.165) is 10.3 Å². The second-order valence-corrected chi connectivity index (χ2v) is 6.06. The lowest BCUT2D eigenvalue weighted by atomic mass is 10.2. The molecule has 2 nitrogen and oxygen atoms in total. The Hall–Kier alpha value is -1.000. The molecule has 0 aliphatic rings. The van der Waals surface area contributed by atoms with Gasteiger partial charge in [-0.25, -0.2) is 0 Å². The van der Waals surface area contributed by atoms with Crippen molar-refractivity contribution in [1.29, 1.82) is 0 Å². The summed E-state index contributed by atoms with van der Waals surface area (Å²) in [5, 5.41) is 11.7. The van der Waals surface area contributed by atoms with Crippen LogP contribution in [0.2, 0.25) is 9.36 Å². The largest absolute Gasteiger partial charge is 0.458 e. The highest BCUT2D eigenvalue weighted by Gasteiger charge is 2.17. The summed E-state index contributed by atoms with van der Waals surface area (Å²) in [5.74, 6) is 0.491. The van der Waals surface area contributed by atoms with Crippen LogP contribution < -0.4 is 0 Å². The van der Waals surface area contributed by atoms with Gasteiger partial charge in [0.15, 0.2) is 0 Å². The SMILES string of the molecule is OC(c1cc2cc(Cl)ccc2o1)c1ccc(Cl)s1. The van der Waals surface area contributed by atoms with Crippen molar-refractivity contribution in [2.24, 2.45) is 0 Å². The molecule has 1 atom stereocenters. The van der Waals surface area contributed by atoms with Crippen LogP contribution in [0.15, 0.2) is 40.8 Å². The van der Waals surface area contributed by atoms with Crippen molar-refractivity contribution in [2.75, 3.05) is 0 Å². The molecule has 0 aliphatic carbocycles. The predicted molar refractivity (Wildman–Crippen MR) is 74.6 cm³/mol. The lowest BCUT2D eigenvalue weighted by molar-refractivity contribution is 0.196. The number of aliphatic hydroxyl groups is 1. The van der Waals surface area contributed by atoms with Crippen molar-refractivity contribution in [3.63, 3.8) is 0 Å². The van der Waals surface area contributed by atoms with E-state index in [2.05, 4.69) is 0 Å². The number of rotatable bonds is 2. The first-order chi connectivity index (χ1) is 8.63. The zero-order valence-electron chi connectivity index (χ0n) is 9.06. The van der Waals surface area contributed by atoms with Crippen LogP contribution in [0, 0.1) is 0 Å². The molecule has 0 saturated carbocycles. The Labute approximate surface area is 117 Å². The minimum atomic E-state index is -0.798. The number of thiophene rings is 1. The van der Waals surface area contributed by atoms with Crippen molar-refractivity contribution in [3.05, 3.63) is 56.4 Å². The number of halogens is 2. The van der Waals surface area contributed by atoms with Crippen LogP contribution in [-0.2, 0) is 0 Å². The summed E-state index contributed by atoms with van der Waals surface area (Å²) in [6.07, 6.45) is -0.798. The van der Waals surface area contributed by atoms with Crippen molar-refractivity contribution in [3.8, 4) is 0 Å². The quantitative estimate of drug-likeness (QED) is 0.731. The minimum Gasteiger partial charge on any atom is -0.458 e. The summed E-state index contributed by atoms with van der Waals surface area (Å²) >= 11 is 13.1. The molecule has 2 aromatic heterocycles. The molecule has 0 saturated heterocycles. The second-order valence-electron chi connectivity index (χ2n) is 3.88. The Morgan fingerprint density at radius 2 is 1.94 bits per heavy atom. The molecule has 0 spiro atoms. The highest BCUT2D eigenvalue weighted by molar-refractivity contribution is 7.16. The fourth-order valence-corrected chi connectivity index (χ4v) is 3.02. The number of fused-ring (bicyclic) bond motifs is 1. The number of hydrogen-bond acceptors (Lipinski definition) is 3. The monoisotopic (exact) mass is 298 g/mol. The van der Waals surface area contributed by atoms with Crippen LogP contribution in [0.4, 0.5) is 0 Å². The average Bonchev–Trinajstić information content (AvgIpc) is 2.93. The van der Waals surface area contributed by atoms with Gasteiger partial charge in [0.05, 0.1) is 4.34 Å². The normalized spacial score (nSPS) is 13.1. The highest BCUT2D eigenvalue weighted by Crippen LogP contribution is 2.34. The topological polar surface area (TPSA) is 33.4 Å². The average molecular weight is 299 g/mol. The molecule has 0 radical (unpaired) electrons. The third kappa shape index (κ3) is 2.15. The van der Waals surface area contributed by atoms with Gasteiger partial charge in [-0.05, 0) is 36.4 Å². The van der Waals surface area contributed by atoms with E-state index in [1.54, 1.807) is 36.4 Å². The van der Waals surface area contributed by atoms with Crippen LogP contribution in [0.3, 0.4) is 0 Å². The van der Waals surface area contributed by atoms with Crippen molar-refractivity contribution >= 4 is 45.5 Å². The lowest BCUT2D eigenvalue weighted by Crippen LogP contribution is -1.93. The van der Waals surface area contributed by atoms with Crippen LogP contribution >= 0.6 is 34.5 Å². The van der Waals surface area contributed by atoms with Crippen LogP contribution in [0.25, 0.3) is 11.0 Å². The minimum absolute atomic E-state index is 0.491. The molecular weight excluding hydrogens is 291 g/mol. The fraction of sp³-hybridized carbons (Fsp3) is 0.0769. The van der Waals surface area contributed by atoms with Crippen molar-refractivity contribution in [2.45, 2.75) is 6.10 Å². The van der Waals surface area contributed by atoms with Gasteiger partial charge in [0, 0.05) is 15.3 Å². The number of furan rings is 1. The third-order valence-corrected chi connectivity index (χ3v) is 4.15. The van der Waals surface area contributed by atoms with E-state index in [1.165, 1.54) is 11.3 Å². The van der Waals surface area contributed by atoms with Crippen LogP contribution in [0.1, 0.15) is 16.7 Å². The standard InChI is InChI=1S/C13H8Cl2O2S/c14-8-1-2-9-7(5-8)6-10(17-9)13(16)11-3-4-12(15)18-11/h1-6,13,16H. The van der Waals surface area contributed by atoms with Gasteiger partial charge in [-0.3, -0.25) is 0 Å². The van der Waals surface area contributed by atoms with Gasteiger partial charge in [0.25, 0.3) is 0 Å². The third-order valence-electron chi connectivity index (χ3n) is 2.63. The summed E-state index contributed by atoms with van der Waals surface area (Å²) < 4.78 is 6.25. The Kier molecular flexibility index (Phi) is 3.08. The zero-order valence-corrected chi connectivity index (χ0v) is 11.4. The van der Waals surface area contributed by atoms with E-state index >= 15 is 0 Å². The van der Waals surface area contributed by atoms with E-state index in [1.807, 2.05) is 0 Å². The maximum atomic E-state index is 10.2. The number of hydrogen-bond donors (Lipinski definition) is 1. The van der Waals surface area contributed by atoms with Crippen LogP contribution in [0.5, 0.6) is 0 Å². The molecule has 3 aromatic rings. The molecule has 1 unspecified atom stereocenters. The molecular formula is C13H8Cl2O2S. The molecule has 5 heteroatoms. The van der Waals surface area contributed by atoms with Crippen molar-refractivity contribution < 1.29 is 9.52 Å². The molecule has 1 aromatic carbocycles. The van der Waals surface area contributed by atoms with Gasteiger partial charge in [-0.15, -0.1) is 11.3 Å². The molecule has 1 N–H and O–H groups in total. The summed E-state index contributed by atoms with van der Waals surface area (Å²) in [6, 6.07) is 10.7. The first-order valence-corrected chi connectivity index (χ1v) is 6.83. The zero-order chi connectivity index (χ0) is 12.7. The van der Waals surface area contributed by atoms with Gasteiger partial charge >= 0.3 is 0 Å². The summed E-state index contributed by atoms with van der Waals surface area (Å²) in [5.41, 5.74) is 0.705. The Morgan fingerprint density at radius 3 is 2.67 bits per heavy atom. The van der Waals surface area contributed by atoms with Gasteiger partial charge in [-0.2, -0.15) is 0 Å². The van der Waals surface area contributed by atoms with E-state index in [9.17, 15) is 5.11 Å². The molecule has 0 fully saturated rings. The first kappa shape index (κ1) is 12.1. The van der Waals surface area contributed by atoms with Crippen molar-refractivity contribution in [1.82, 2.24) is 0 Å². The van der Waals surface area contributed by atoms with Gasteiger partial charge in [0.2, 0.25) is 0 Å². The molecule has 0 bridgehead atoms.